The number of ether oxygens (including phenoxy) is 1. The van der Waals surface area contributed by atoms with Crippen LogP contribution in [0.5, 0.6) is 0 Å². The largest absolute Gasteiger partial charge is 0.374 e. The van der Waals surface area contributed by atoms with E-state index in [9.17, 15) is 0 Å². The summed E-state index contributed by atoms with van der Waals surface area (Å²) in [5.41, 5.74) is 0. The van der Waals surface area contributed by atoms with Crippen LogP contribution in [0.25, 0.3) is 0 Å². The molecule has 1 heterocycles. The number of hydrogen-bond donors (Lipinski definition) is 1. The predicted octanol–water partition coefficient (Wildman–Crippen LogP) is 0.773. The van der Waals surface area contributed by atoms with Crippen molar-refractivity contribution in [2.24, 2.45) is 0 Å². The van der Waals surface area contributed by atoms with E-state index >= 15 is 0 Å². The molecule has 0 amide bonds. The van der Waals surface area contributed by atoms with Gasteiger partial charge in [-0.15, -0.1) is 0 Å². The SMILES string of the molecule is CC(C)OC1CCNC1. The highest BCUT2D eigenvalue weighted by Gasteiger charge is 2.15. The Morgan fingerprint density at radius 2 is 2.33 bits per heavy atom. The maximum Gasteiger partial charge on any atom is 0.0715 e. The Hall–Kier alpha value is -0.0800. The summed E-state index contributed by atoms with van der Waals surface area (Å²) in [6.45, 7) is 6.33. The van der Waals surface area contributed by atoms with Crippen LogP contribution in [0.15, 0.2) is 0 Å². The van der Waals surface area contributed by atoms with Gasteiger partial charge in [-0.05, 0) is 26.8 Å². The van der Waals surface area contributed by atoms with E-state index in [1.807, 2.05) is 0 Å². The van der Waals surface area contributed by atoms with Crippen LogP contribution in [-0.2, 0) is 4.74 Å². The molecule has 1 rings (SSSR count). The molecule has 1 fully saturated rings. The zero-order valence-electron chi connectivity index (χ0n) is 6.18. The summed E-state index contributed by atoms with van der Waals surface area (Å²) in [6.07, 6.45) is 2.04. The topological polar surface area (TPSA) is 21.3 Å². The van der Waals surface area contributed by atoms with Crippen molar-refractivity contribution in [2.75, 3.05) is 13.1 Å². The molecular formula is C7H15NO. The summed E-state index contributed by atoms with van der Waals surface area (Å²) in [5.74, 6) is 0. The van der Waals surface area contributed by atoms with Crippen LogP contribution < -0.4 is 5.32 Å². The van der Waals surface area contributed by atoms with Crippen LogP contribution >= 0.6 is 0 Å². The van der Waals surface area contributed by atoms with Gasteiger partial charge in [0, 0.05) is 6.54 Å². The maximum atomic E-state index is 5.55. The first-order chi connectivity index (χ1) is 4.29. The first-order valence-electron chi connectivity index (χ1n) is 3.65. The van der Waals surface area contributed by atoms with E-state index in [-0.39, 0.29) is 0 Å². The Labute approximate surface area is 56.6 Å². The fourth-order valence-corrected chi connectivity index (χ4v) is 1.13. The van der Waals surface area contributed by atoms with Crippen molar-refractivity contribution < 1.29 is 4.74 Å². The summed E-state index contributed by atoms with van der Waals surface area (Å²) in [5, 5.41) is 3.25. The van der Waals surface area contributed by atoms with E-state index in [0.29, 0.717) is 12.2 Å². The molecule has 1 saturated heterocycles. The first kappa shape index (κ1) is 7.03. The lowest BCUT2D eigenvalue weighted by Crippen LogP contribution is -2.20. The van der Waals surface area contributed by atoms with Crippen LogP contribution in [0, 0.1) is 0 Å². The molecule has 0 aromatic heterocycles. The van der Waals surface area contributed by atoms with Gasteiger partial charge >= 0.3 is 0 Å². The smallest absolute Gasteiger partial charge is 0.0715 e. The minimum Gasteiger partial charge on any atom is -0.374 e. The van der Waals surface area contributed by atoms with Gasteiger partial charge in [0.2, 0.25) is 0 Å². The molecule has 0 aromatic carbocycles. The van der Waals surface area contributed by atoms with E-state index in [1.165, 1.54) is 6.42 Å². The molecule has 0 bridgehead atoms. The molecule has 2 heteroatoms. The molecule has 0 aromatic rings. The van der Waals surface area contributed by atoms with Crippen LogP contribution in [0.1, 0.15) is 20.3 Å². The van der Waals surface area contributed by atoms with Gasteiger partial charge in [0.25, 0.3) is 0 Å². The molecule has 54 valence electrons. The van der Waals surface area contributed by atoms with Gasteiger partial charge in [-0.1, -0.05) is 0 Å². The van der Waals surface area contributed by atoms with E-state index in [0.717, 1.165) is 13.1 Å². The molecule has 2 nitrogen and oxygen atoms in total. The van der Waals surface area contributed by atoms with Crippen molar-refractivity contribution in [2.45, 2.75) is 32.5 Å². The normalized spacial score (nSPS) is 27.7. The highest BCUT2D eigenvalue weighted by molar-refractivity contribution is 4.71. The summed E-state index contributed by atoms with van der Waals surface area (Å²) in [7, 11) is 0. The second-order valence-corrected chi connectivity index (χ2v) is 2.80. The van der Waals surface area contributed by atoms with Crippen molar-refractivity contribution in [3.8, 4) is 0 Å². The number of nitrogens with one attached hydrogen (secondary N) is 1. The second-order valence-electron chi connectivity index (χ2n) is 2.80. The van der Waals surface area contributed by atoms with Gasteiger partial charge in [0.05, 0.1) is 12.2 Å². The predicted molar refractivity (Wildman–Crippen MR) is 37.5 cm³/mol. The van der Waals surface area contributed by atoms with E-state index in [1.54, 1.807) is 0 Å². The maximum absolute atomic E-state index is 5.55. The van der Waals surface area contributed by atoms with Crippen molar-refractivity contribution in [1.29, 1.82) is 0 Å². The lowest BCUT2D eigenvalue weighted by molar-refractivity contribution is 0.0201. The minimum atomic E-state index is 0.384. The van der Waals surface area contributed by atoms with Gasteiger partial charge in [-0.2, -0.15) is 0 Å². The Bertz CT molecular complexity index is 77.0. The van der Waals surface area contributed by atoms with Crippen LogP contribution in [0.3, 0.4) is 0 Å². The third-order valence-electron chi connectivity index (χ3n) is 1.48. The van der Waals surface area contributed by atoms with Crippen LogP contribution in [-0.4, -0.2) is 25.3 Å². The molecule has 0 aliphatic carbocycles. The quantitative estimate of drug-likeness (QED) is 0.594. The minimum absolute atomic E-state index is 0.384. The standard InChI is InChI=1S/C7H15NO/c1-6(2)9-7-3-4-8-5-7/h6-8H,3-5H2,1-2H3. The van der Waals surface area contributed by atoms with Crippen molar-refractivity contribution in [3.63, 3.8) is 0 Å². The van der Waals surface area contributed by atoms with Crippen molar-refractivity contribution in [1.82, 2.24) is 5.32 Å². The Balaban J connectivity index is 2.11. The molecule has 0 radical (unpaired) electrons. The van der Waals surface area contributed by atoms with Crippen molar-refractivity contribution >= 4 is 0 Å². The van der Waals surface area contributed by atoms with E-state index < -0.39 is 0 Å². The molecule has 1 unspecified atom stereocenters. The Morgan fingerprint density at radius 3 is 2.78 bits per heavy atom. The first-order valence-corrected chi connectivity index (χ1v) is 3.65. The lowest BCUT2D eigenvalue weighted by Gasteiger charge is -2.12. The summed E-state index contributed by atoms with van der Waals surface area (Å²) in [6, 6.07) is 0. The van der Waals surface area contributed by atoms with Crippen molar-refractivity contribution in [3.05, 3.63) is 0 Å². The van der Waals surface area contributed by atoms with Crippen LogP contribution in [0.4, 0.5) is 0 Å². The van der Waals surface area contributed by atoms with E-state index in [4.69, 9.17) is 4.74 Å². The fourth-order valence-electron chi connectivity index (χ4n) is 1.13. The van der Waals surface area contributed by atoms with E-state index in [2.05, 4.69) is 19.2 Å². The molecule has 1 aliphatic rings. The average molecular weight is 129 g/mol. The van der Waals surface area contributed by atoms with Crippen LogP contribution in [0.2, 0.25) is 0 Å². The second kappa shape index (κ2) is 3.18. The molecule has 1 N–H and O–H groups in total. The van der Waals surface area contributed by atoms with Gasteiger partial charge in [-0.25, -0.2) is 0 Å². The zero-order chi connectivity index (χ0) is 6.69. The third kappa shape index (κ3) is 2.33. The van der Waals surface area contributed by atoms with Gasteiger partial charge in [0.1, 0.15) is 0 Å². The molecular weight excluding hydrogens is 114 g/mol. The number of rotatable bonds is 2. The molecule has 0 saturated carbocycles. The summed E-state index contributed by atoms with van der Waals surface area (Å²) >= 11 is 0. The third-order valence-corrected chi connectivity index (χ3v) is 1.48. The summed E-state index contributed by atoms with van der Waals surface area (Å²) < 4.78 is 5.55. The van der Waals surface area contributed by atoms with Gasteiger partial charge in [0.15, 0.2) is 0 Å². The monoisotopic (exact) mass is 129 g/mol. The highest BCUT2D eigenvalue weighted by Crippen LogP contribution is 2.05. The van der Waals surface area contributed by atoms with Gasteiger partial charge in [-0.3, -0.25) is 0 Å². The summed E-state index contributed by atoms with van der Waals surface area (Å²) in [4.78, 5) is 0. The molecule has 1 atom stereocenters. The Kier molecular flexibility index (Phi) is 2.49. The molecule has 0 spiro atoms. The number of hydrogen-bond acceptors (Lipinski definition) is 2. The average Bonchev–Trinajstić information content (AvgIpc) is 2.15. The van der Waals surface area contributed by atoms with Gasteiger partial charge < -0.3 is 10.1 Å². The highest BCUT2D eigenvalue weighted by atomic mass is 16.5. The fraction of sp³-hybridized carbons (Fsp3) is 1.00. The Morgan fingerprint density at radius 1 is 1.56 bits per heavy atom. The molecule has 1 aliphatic heterocycles. The molecule has 9 heavy (non-hydrogen) atoms. The zero-order valence-corrected chi connectivity index (χ0v) is 6.18. The lowest BCUT2D eigenvalue weighted by atomic mass is 10.3.